The van der Waals surface area contributed by atoms with Crippen molar-refractivity contribution in [2.24, 2.45) is 0 Å². The van der Waals surface area contributed by atoms with E-state index in [1.807, 2.05) is 42.2 Å². The van der Waals surface area contributed by atoms with Gasteiger partial charge in [0.2, 0.25) is 0 Å². The van der Waals surface area contributed by atoms with E-state index in [1.54, 1.807) is 12.1 Å². The Bertz CT molecular complexity index is 744. The fourth-order valence-corrected chi connectivity index (χ4v) is 3.10. The summed E-state index contributed by atoms with van der Waals surface area (Å²) in [5, 5.41) is 4.07. The van der Waals surface area contributed by atoms with Crippen molar-refractivity contribution in [3.63, 3.8) is 0 Å². The van der Waals surface area contributed by atoms with Gasteiger partial charge in [-0.2, -0.15) is 0 Å². The lowest BCUT2D eigenvalue weighted by Crippen LogP contribution is -2.58. The monoisotopic (exact) mass is 314 g/mol. The van der Waals surface area contributed by atoms with Crippen molar-refractivity contribution in [1.82, 2.24) is 0 Å². The molecule has 2 aromatic rings. The van der Waals surface area contributed by atoms with E-state index in [0.29, 0.717) is 10.6 Å². The average Bonchev–Trinajstić information content (AvgIpc) is 2.50. The summed E-state index contributed by atoms with van der Waals surface area (Å²) in [6.45, 7) is 6.15. The number of carbonyl (C=O) groups excluding carboxylic acids is 1. The van der Waals surface area contributed by atoms with E-state index >= 15 is 0 Å². The van der Waals surface area contributed by atoms with Crippen LogP contribution in [0.2, 0.25) is 5.02 Å². The lowest BCUT2D eigenvalue weighted by molar-refractivity contribution is 0.0956. The molecule has 0 saturated carbocycles. The molecular formula is C18H19ClN2O. The third kappa shape index (κ3) is 2.26. The van der Waals surface area contributed by atoms with Gasteiger partial charge in [0.15, 0.2) is 0 Å². The van der Waals surface area contributed by atoms with Crippen LogP contribution in [0.4, 0.5) is 11.4 Å². The van der Waals surface area contributed by atoms with Crippen LogP contribution in [0, 0.1) is 6.92 Å². The van der Waals surface area contributed by atoms with E-state index in [2.05, 4.69) is 19.2 Å². The van der Waals surface area contributed by atoms with E-state index in [-0.39, 0.29) is 5.91 Å². The van der Waals surface area contributed by atoms with E-state index < -0.39 is 5.66 Å². The molecule has 0 fully saturated rings. The van der Waals surface area contributed by atoms with Gasteiger partial charge < -0.3 is 5.32 Å². The zero-order valence-electron chi connectivity index (χ0n) is 13.0. The zero-order chi connectivity index (χ0) is 15.9. The van der Waals surface area contributed by atoms with Gasteiger partial charge >= 0.3 is 0 Å². The first-order valence-electron chi connectivity index (χ1n) is 7.44. The van der Waals surface area contributed by atoms with Crippen LogP contribution in [-0.2, 0) is 0 Å². The first kappa shape index (κ1) is 14.9. The summed E-state index contributed by atoms with van der Waals surface area (Å²) < 4.78 is 0. The Morgan fingerprint density at radius 2 is 1.95 bits per heavy atom. The molecule has 1 atom stereocenters. The van der Waals surface area contributed by atoms with Crippen LogP contribution in [-0.4, -0.2) is 11.6 Å². The maximum atomic E-state index is 13.1. The molecule has 0 spiro atoms. The summed E-state index contributed by atoms with van der Waals surface area (Å²) in [5.41, 5.74) is 2.98. The number of nitrogens with one attached hydrogen (secondary N) is 1. The highest BCUT2D eigenvalue weighted by atomic mass is 35.5. The van der Waals surface area contributed by atoms with Gasteiger partial charge in [0.25, 0.3) is 5.91 Å². The minimum atomic E-state index is -0.468. The molecule has 22 heavy (non-hydrogen) atoms. The molecule has 0 aromatic heterocycles. The second-order valence-corrected chi connectivity index (χ2v) is 6.31. The topological polar surface area (TPSA) is 32.3 Å². The number of benzene rings is 2. The van der Waals surface area contributed by atoms with Gasteiger partial charge in [-0.25, -0.2) is 0 Å². The second-order valence-electron chi connectivity index (χ2n) is 5.87. The van der Waals surface area contributed by atoms with Crippen LogP contribution in [0.15, 0.2) is 42.5 Å². The molecule has 1 N–H and O–H groups in total. The SMILES string of the molecule is CCC1(C)Nc2ccc(Cl)cc2C(=O)N1c1ccccc1C. The van der Waals surface area contributed by atoms with Crippen LogP contribution in [0.25, 0.3) is 0 Å². The summed E-state index contributed by atoms with van der Waals surface area (Å²) in [4.78, 5) is 15.0. The van der Waals surface area contributed by atoms with Crippen molar-refractivity contribution in [1.29, 1.82) is 0 Å². The van der Waals surface area contributed by atoms with Gasteiger partial charge in [0.1, 0.15) is 5.66 Å². The highest BCUT2D eigenvalue weighted by molar-refractivity contribution is 6.31. The molecule has 1 heterocycles. The molecular weight excluding hydrogens is 296 g/mol. The largest absolute Gasteiger partial charge is 0.362 e. The molecule has 1 amide bonds. The lowest BCUT2D eigenvalue weighted by atomic mass is 9.96. The van der Waals surface area contributed by atoms with Crippen LogP contribution in [0.5, 0.6) is 0 Å². The highest BCUT2D eigenvalue weighted by Crippen LogP contribution is 2.38. The van der Waals surface area contributed by atoms with Crippen molar-refractivity contribution < 1.29 is 4.79 Å². The summed E-state index contributed by atoms with van der Waals surface area (Å²) >= 11 is 6.07. The quantitative estimate of drug-likeness (QED) is 0.859. The van der Waals surface area contributed by atoms with Crippen molar-refractivity contribution >= 4 is 28.9 Å². The van der Waals surface area contributed by atoms with Gasteiger partial charge in [0, 0.05) is 16.4 Å². The van der Waals surface area contributed by atoms with E-state index in [9.17, 15) is 4.79 Å². The number of halogens is 1. The average molecular weight is 315 g/mol. The Morgan fingerprint density at radius 1 is 1.23 bits per heavy atom. The Hall–Kier alpha value is -2.00. The molecule has 3 nitrogen and oxygen atoms in total. The van der Waals surface area contributed by atoms with Gasteiger partial charge in [-0.1, -0.05) is 36.7 Å². The Balaban J connectivity index is 2.20. The number of aryl methyl sites for hydroxylation is 1. The van der Waals surface area contributed by atoms with E-state index in [1.165, 1.54) is 0 Å². The Labute approximate surface area is 135 Å². The number of fused-ring (bicyclic) bond motifs is 1. The van der Waals surface area contributed by atoms with Gasteiger partial charge in [-0.05, 0) is 50.1 Å². The molecule has 0 radical (unpaired) electrons. The fraction of sp³-hybridized carbons (Fsp3) is 0.278. The summed E-state index contributed by atoms with van der Waals surface area (Å²) in [6, 6.07) is 13.4. The first-order chi connectivity index (χ1) is 10.5. The molecule has 1 unspecified atom stereocenters. The number of rotatable bonds is 2. The Morgan fingerprint density at radius 3 is 2.64 bits per heavy atom. The van der Waals surface area contributed by atoms with Crippen molar-refractivity contribution in [3.05, 3.63) is 58.6 Å². The number of para-hydroxylation sites is 1. The molecule has 3 rings (SSSR count). The standard InChI is InChI=1S/C18H19ClN2O/c1-4-18(3)20-15-10-9-13(19)11-14(15)17(22)21(18)16-8-6-5-7-12(16)2/h5-11,20H,4H2,1-3H3. The summed E-state index contributed by atoms with van der Waals surface area (Å²) in [5.74, 6) is -0.0186. The van der Waals surface area contributed by atoms with Crippen molar-refractivity contribution in [2.45, 2.75) is 32.9 Å². The van der Waals surface area contributed by atoms with Gasteiger partial charge in [-0.3, -0.25) is 9.69 Å². The first-order valence-corrected chi connectivity index (χ1v) is 7.82. The highest BCUT2D eigenvalue weighted by Gasteiger charge is 2.41. The number of carbonyl (C=O) groups is 1. The maximum Gasteiger partial charge on any atom is 0.262 e. The molecule has 0 bridgehead atoms. The number of hydrogen-bond acceptors (Lipinski definition) is 2. The van der Waals surface area contributed by atoms with Crippen LogP contribution in [0.3, 0.4) is 0 Å². The van der Waals surface area contributed by atoms with E-state index in [0.717, 1.165) is 23.4 Å². The normalized spacial score (nSPS) is 20.5. The van der Waals surface area contributed by atoms with Crippen LogP contribution >= 0.6 is 11.6 Å². The smallest absolute Gasteiger partial charge is 0.262 e. The van der Waals surface area contributed by atoms with Gasteiger partial charge in [0.05, 0.1) is 5.56 Å². The number of nitrogens with zero attached hydrogens (tertiary/aromatic N) is 1. The van der Waals surface area contributed by atoms with E-state index in [4.69, 9.17) is 11.6 Å². The fourth-order valence-electron chi connectivity index (χ4n) is 2.93. The molecule has 4 heteroatoms. The zero-order valence-corrected chi connectivity index (χ0v) is 13.7. The predicted molar refractivity (Wildman–Crippen MR) is 91.8 cm³/mol. The molecule has 1 aliphatic heterocycles. The third-order valence-corrected chi connectivity index (χ3v) is 4.59. The Kier molecular flexibility index (Phi) is 3.61. The van der Waals surface area contributed by atoms with Crippen LogP contribution in [0.1, 0.15) is 36.2 Å². The second kappa shape index (κ2) is 5.33. The molecule has 0 aliphatic carbocycles. The summed E-state index contributed by atoms with van der Waals surface area (Å²) in [7, 11) is 0. The predicted octanol–water partition coefficient (Wildman–Crippen LogP) is 4.85. The van der Waals surface area contributed by atoms with Crippen LogP contribution < -0.4 is 10.2 Å². The third-order valence-electron chi connectivity index (χ3n) is 4.36. The minimum Gasteiger partial charge on any atom is -0.362 e. The van der Waals surface area contributed by atoms with Crippen molar-refractivity contribution in [2.75, 3.05) is 10.2 Å². The number of amides is 1. The minimum absolute atomic E-state index is 0.0186. The van der Waals surface area contributed by atoms with Gasteiger partial charge in [-0.15, -0.1) is 0 Å². The number of anilines is 2. The molecule has 1 aliphatic rings. The molecule has 2 aromatic carbocycles. The lowest BCUT2D eigenvalue weighted by Gasteiger charge is -2.46. The summed E-state index contributed by atoms with van der Waals surface area (Å²) in [6.07, 6.45) is 0.787. The maximum absolute atomic E-state index is 13.1. The number of hydrogen-bond donors (Lipinski definition) is 1. The van der Waals surface area contributed by atoms with Crippen molar-refractivity contribution in [3.8, 4) is 0 Å². The molecule has 0 saturated heterocycles. The molecule has 114 valence electrons.